The zero-order valence-corrected chi connectivity index (χ0v) is 13.0. The first-order valence-electron chi connectivity index (χ1n) is 6.69. The highest BCUT2D eigenvalue weighted by Crippen LogP contribution is 2.39. The Labute approximate surface area is 131 Å². The predicted octanol–water partition coefficient (Wildman–Crippen LogP) is 2.91. The van der Waals surface area contributed by atoms with E-state index in [0.717, 1.165) is 31.9 Å². The van der Waals surface area contributed by atoms with Crippen LogP contribution in [0.1, 0.15) is 12.5 Å². The minimum Gasteiger partial charge on any atom is -0.326 e. The minimum absolute atomic E-state index is 0.0836. The number of hydrogen-bond acceptors (Lipinski definition) is 6. The van der Waals surface area contributed by atoms with Gasteiger partial charge in [0.15, 0.2) is 5.82 Å². The van der Waals surface area contributed by atoms with Crippen LogP contribution in [-0.4, -0.2) is 15.9 Å². The molecule has 2 aromatic heterocycles. The van der Waals surface area contributed by atoms with E-state index in [2.05, 4.69) is 20.7 Å². The molecular formula is C15H15N5OS. The van der Waals surface area contributed by atoms with Crippen LogP contribution in [-0.2, 0) is 4.79 Å². The molecule has 0 fully saturated rings. The Balaban J connectivity index is 2.06. The van der Waals surface area contributed by atoms with Gasteiger partial charge in [-0.3, -0.25) is 4.79 Å². The standard InChI is InChI=1S/C15H15N5OS/c1-8-12-14(15(20-16)18-7-17-12)22-13(8)10-3-5-11(6-4-10)19-9(2)21/h3-7H,16H2,1-2H3,(H,19,21)(H,17,18,20). The number of aromatic nitrogens is 2. The topological polar surface area (TPSA) is 92.9 Å². The number of rotatable bonds is 3. The molecular weight excluding hydrogens is 298 g/mol. The fourth-order valence-electron chi connectivity index (χ4n) is 2.31. The Morgan fingerprint density at radius 1 is 1.23 bits per heavy atom. The second-order valence-corrected chi connectivity index (χ2v) is 5.88. The summed E-state index contributed by atoms with van der Waals surface area (Å²) in [5.74, 6) is 6.05. The summed E-state index contributed by atoms with van der Waals surface area (Å²) in [5.41, 5.74) is 6.43. The van der Waals surface area contributed by atoms with E-state index in [0.29, 0.717) is 5.82 Å². The summed E-state index contributed by atoms with van der Waals surface area (Å²) in [7, 11) is 0. The second kappa shape index (κ2) is 5.70. The van der Waals surface area contributed by atoms with Gasteiger partial charge in [0.05, 0.1) is 10.2 Å². The molecule has 0 aliphatic rings. The van der Waals surface area contributed by atoms with Crippen molar-refractivity contribution in [3.05, 3.63) is 36.2 Å². The maximum absolute atomic E-state index is 11.1. The SMILES string of the molecule is CC(=O)Nc1ccc(-c2sc3c(NN)ncnc3c2C)cc1. The monoisotopic (exact) mass is 313 g/mol. The van der Waals surface area contributed by atoms with Crippen molar-refractivity contribution >= 4 is 39.0 Å². The molecule has 0 aliphatic heterocycles. The molecule has 1 aromatic carbocycles. The van der Waals surface area contributed by atoms with Gasteiger partial charge in [0.2, 0.25) is 5.91 Å². The smallest absolute Gasteiger partial charge is 0.221 e. The fourth-order valence-corrected chi connectivity index (χ4v) is 3.53. The number of anilines is 2. The maximum Gasteiger partial charge on any atom is 0.221 e. The number of nitrogen functional groups attached to an aromatic ring is 1. The van der Waals surface area contributed by atoms with Crippen LogP contribution >= 0.6 is 11.3 Å². The number of thiophene rings is 1. The van der Waals surface area contributed by atoms with Crippen LogP contribution in [0.5, 0.6) is 0 Å². The molecule has 112 valence electrons. The van der Waals surface area contributed by atoms with E-state index in [4.69, 9.17) is 5.84 Å². The van der Waals surface area contributed by atoms with Crippen LogP contribution in [0.25, 0.3) is 20.7 Å². The predicted molar refractivity (Wildman–Crippen MR) is 89.7 cm³/mol. The van der Waals surface area contributed by atoms with Gasteiger partial charge < -0.3 is 10.7 Å². The summed E-state index contributed by atoms with van der Waals surface area (Å²) in [5, 5.41) is 2.76. The van der Waals surface area contributed by atoms with Crippen molar-refractivity contribution in [3.8, 4) is 10.4 Å². The third-order valence-electron chi connectivity index (χ3n) is 3.31. The number of hydrogen-bond donors (Lipinski definition) is 3. The van der Waals surface area contributed by atoms with Crippen LogP contribution in [0, 0.1) is 6.92 Å². The third kappa shape index (κ3) is 2.51. The van der Waals surface area contributed by atoms with Crippen molar-refractivity contribution in [2.75, 3.05) is 10.7 Å². The minimum atomic E-state index is -0.0836. The molecule has 6 nitrogen and oxygen atoms in total. The first-order chi connectivity index (χ1) is 10.6. The number of benzene rings is 1. The normalized spacial score (nSPS) is 10.7. The summed E-state index contributed by atoms with van der Waals surface area (Å²) in [6, 6.07) is 7.72. The van der Waals surface area contributed by atoms with Gasteiger partial charge in [0.25, 0.3) is 0 Å². The maximum atomic E-state index is 11.1. The number of carbonyl (C=O) groups excluding carboxylic acids is 1. The van der Waals surface area contributed by atoms with Gasteiger partial charge in [-0.05, 0) is 30.2 Å². The van der Waals surface area contributed by atoms with Crippen molar-refractivity contribution in [1.82, 2.24) is 9.97 Å². The van der Waals surface area contributed by atoms with E-state index in [1.165, 1.54) is 13.3 Å². The summed E-state index contributed by atoms with van der Waals surface area (Å²) in [6.45, 7) is 3.52. The molecule has 4 N–H and O–H groups in total. The number of carbonyl (C=O) groups is 1. The van der Waals surface area contributed by atoms with Gasteiger partial charge in [-0.1, -0.05) is 12.1 Å². The summed E-state index contributed by atoms with van der Waals surface area (Å²) in [6.07, 6.45) is 1.50. The molecule has 0 unspecified atom stereocenters. The molecule has 3 rings (SSSR count). The van der Waals surface area contributed by atoms with Gasteiger partial charge in [-0.15, -0.1) is 11.3 Å². The van der Waals surface area contributed by atoms with Gasteiger partial charge in [-0.25, -0.2) is 15.8 Å². The van der Waals surface area contributed by atoms with Crippen LogP contribution in [0.2, 0.25) is 0 Å². The Morgan fingerprint density at radius 3 is 2.59 bits per heavy atom. The van der Waals surface area contributed by atoms with Gasteiger partial charge in [0.1, 0.15) is 6.33 Å². The van der Waals surface area contributed by atoms with Gasteiger partial charge >= 0.3 is 0 Å². The van der Waals surface area contributed by atoms with E-state index in [-0.39, 0.29) is 5.91 Å². The van der Waals surface area contributed by atoms with E-state index < -0.39 is 0 Å². The lowest BCUT2D eigenvalue weighted by molar-refractivity contribution is -0.114. The number of nitrogens with zero attached hydrogens (tertiary/aromatic N) is 2. The molecule has 1 amide bonds. The zero-order valence-electron chi connectivity index (χ0n) is 12.2. The lowest BCUT2D eigenvalue weighted by atomic mass is 10.1. The van der Waals surface area contributed by atoms with Crippen molar-refractivity contribution in [2.24, 2.45) is 5.84 Å². The fraction of sp³-hybridized carbons (Fsp3) is 0.133. The molecule has 7 heteroatoms. The number of amides is 1. The van der Waals surface area contributed by atoms with Crippen LogP contribution in [0.3, 0.4) is 0 Å². The molecule has 0 atom stereocenters. The van der Waals surface area contributed by atoms with Crippen LogP contribution < -0.4 is 16.6 Å². The molecule has 0 saturated heterocycles. The van der Waals surface area contributed by atoms with E-state index in [1.54, 1.807) is 11.3 Å². The Kier molecular flexibility index (Phi) is 3.74. The average Bonchev–Trinajstić information content (AvgIpc) is 2.85. The summed E-state index contributed by atoms with van der Waals surface area (Å²) < 4.78 is 0.934. The molecule has 22 heavy (non-hydrogen) atoms. The first kappa shape index (κ1) is 14.4. The van der Waals surface area contributed by atoms with Crippen LogP contribution in [0.4, 0.5) is 11.5 Å². The number of nitrogens with two attached hydrogens (primary N) is 1. The first-order valence-corrected chi connectivity index (χ1v) is 7.50. The van der Waals surface area contributed by atoms with Crippen LogP contribution in [0.15, 0.2) is 30.6 Å². The lowest BCUT2D eigenvalue weighted by Crippen LogP contribution is -2.08. The van der Waals surface area contributed by atoms with Crippen molar-refractivity contribution in [2.45, 2.75) is 13.8 Å². The number of hydrazine groups is 1. The highest BCUT2D eigenvalue weighted by Gasteiger charge is 2.14. The second-order valence-electron chi connectivity index (χ2n) is 4.86. The Hall–Kier alpha value is -2.51. The van der Waals surface area contributed by atoms with Gasteiger partial charge in [-0.2, -0.15) is 0 Å². The number of aryl methyl sites for hydroxylation is 1. The Bertz CT molecular complexity index is 841. The quantitative estimate of drug-likeness (QED) is 0.510. The molecule has 0 bridgehead atoms. The largest absolute Gasteiger partial charge is 0.326 e. The van der Waals surface area contributed by atoms with E-state index >= 15 is 0 Å². The molecule has 3 aromatic rings. The highest BCUT2D eigenvalue weighted by atomic mass is 32.1. The molecule has 0 saturated carbocycles. The molecule has 2 heterocycles. The number of nitrogens with one attached hydrogen (secondary N) is 2. The Morgan fingerprint density at radius 2 is 1.95 bits per heavy atom. The van der Waals surface area contributed by atoms with Crippen molar-refractivity contribution < 1.29 is 4.79 Å². The lowest BCUT2D eigenvalue weighted by Gasteiger charge is -2.04. The van der Waals surface area contributed by atoms with Crippen molar-refractivity contribution in [1.29, 1.82) is 0 Å². The molecule has 0 spiro atoms. The number of fused-ring (bicyclic) bond motifs is 1. The summed E-state index contributed by atoms with van der Waals surface area (Å²) in [4.78, 5) is 20.7. The van der Waals surface area contributed by atoms with Crippen molar-refractivity contribution in [3.63, 3.8) is 0 Å². The average molecular weight is 313 g/mol. The summed E-state index contributed by atoms with van der Waals surface area (Å²) >= 11 is 1.59. The zero-order chi connectivity index (χ0) is 15.7. The van der Waals surface area contributed by atoms with E-state index in [9.17, 15) is 4.79 Å². The highest BCUT2D eigenvalue weighted by molar-refractivity contribution is 7.23. The van der Waals surface area contributed by atoms with E-state index in [1.807, 2.05) is 31.2 Å². The molecule has 0 aliphatic carbocycles. The third-order valence-corrected chi connectivity index (χ3v) is 4.64. The van der Waals surface area contributed by atoms with Gasteiger partial charge in [0, 0.05) is 17.5 Å². The molecule has 0 radical (unpaired) electrons.